The molecule has 1 fully saturated rings. The number of halogens is 3. The van der Waals surface area contributed by atoms with Crippen molar-refractivity contribution in [1.82, 2.24) is 10.2 Å². The van der Waals surface area contributed by atoms with Crippen LogP contribution in [-0.4, -0.2) is 46.7 Å². The van der Waals surface area contributed by atoms with Gasteiger partial charge in [-0.25, -0.2) is 0 Å². The number of nitrogens with one attached hydrogen (secondary N) is 1. The van der Waals surface area contributed by atoms with Crippen LogP contribution in [-0.2, 0) is 31.9 Å². The molecule has 1 atom stereocenters. The van der Waals surface area contributed by atoms with E-state index in [1.165, 1.54) is 19.1 Å². The van der Waals surface area contributed by atoms with Crippen molar-refractivity contribution in [2.24, 2.45) is 5.92 Å². The minimum Gasteiger partial charge on any atom is -0.480 e. The molecule has 1 aromatic rings. The fourth-order valence-corrected chi connectivity index (χ4v) is 2.79. The quantitative estimate of drug-likeness (QED) is 0.739. The van der Waals surface area contributed by atoms with Gasteiger partial charge in [0.1, 0.15) is 6.54 Å². The maximum atomic E-state index is 13.0. The molecular formula is C17H17F3N2O5. The highest BCUT2D eigenvalue weighted by molar-refractivity contribution is 6.19. The lowest BCUT2D eigenvalue weighted by Crippen LogP contribution is -2.52. The number of likely N-dealkylation sites (tertiary alicyclic amines) is 1. The molecule has 0 spiro atoms. The van der Waals surface area contributed by atoms with Crippen molar-refractivity contribution in [1.29, 1.82) is 0 Å². The average molecular weight is 386 g/mol. The number of hydrogen-bond acceptors (Lipinski definition) is 4. The fourth-order valence-electron chi connectivity index (χ4n) is 2.79. The second-order valence-corrected chi connectivity index (χ2v) is 6.17. The van der Waals surface area contributed by atoms with E-state index in [4.69, 9.17) is 5.11 Å². The Morgan fingerprint density at radius 1 is 1.30 bits per heavy atom. The van der Waals surface area contributed by atoms with Gasteiger partial charge in [0, 0.05) is 19.5 Å². The minimum atomic E-state index is -4.54. The van der Waals surface area contributed by atoms with Gasteiger partial charge in [-0.05, 0) is 24.1 Å². The lowest BCUT2D eigenvalue weighted by molar-refractivity contribution is -0.152. The summed E-state index contributed by atoms with van der Waals surface area (Å²) in [6, 6.07) is 3.65. The van der Waals surface area contributed by atoms with Crippen molar-refractivity contribution in [2.75, 3.05) is 13.1 Å². The lowest BCUT2D eigenvalue weighted by Gasteiger charge is -2.31. The molecule has 0 aromatic heterocycles. The molecule has 0 saturated carbocycles. The number of carboxylic acid groups (broad SMARTS) is 1. The number of Topliss-reactive ketones (excluding diaryl/α,β-unsaturated/α-hetero) is 1. The van der Waals surface area contributed by atoms with Crippen LogP contribution < -0.4 is 5.32 Å². The zero-order valence-corrected chi connectivity index (χ0v) is 14.3. The molecule has 146 valence electrons. The van der Waals surface area contributed by atoms with Crippen molar-refractivity contribution in [2.45, 2.75) is 26.1 Å². The first-order valence-corrected chi connectivity index (χ1v) is 7.98. The molecule has 7 nitrogen and oxygen atoms in total. The summed E-state index contributed by atoms with van der Waals surface area (Å²) in [5, 5.41) is 10.5. The third-order valence-electron chi connectivity index (χ3n) is 4.17. The van der Waals surface area contributed by atoms with E-state index >= 15 is 0 Å². The Hall–Kier alpha value is -2.91. The van der Waals surface area contributed by atoms with Crippen molar-refractivity contribution in [3.8, 4) is 0 Å². The van der Waals surface area contributed by atoms with Crippen LogP contribution in [0.15, 0.2) is 18.2 Å². The van der Waals surface area contributed by atoms with Gasteiger partial charge in [0.15, 0.2) is 11.7 Å². The van der Waals surface area contributed by atoms with Gasteiger partial charge in [-0.2, -0.15) is 13.2 Å². The number of aryl methyl sites for hydroxylation is 1. The number of carbonyl (C=O) groups excluding carboxylic acids is 3. The summed E-state index contributed by atoms with van der Waals surface area (Å²) in [6.45, 7) is 0.344. The van der Waals surface area contributed by atoms with Crippen molar-refractivity contribution in [3.05, 3.63) is 34.9 Å². The molecule has 1 unspecified atom stereocenters. The third-order valence-corrected chi connectivity index (χ3v) is 4.17. The highest BCUT2D eigenvalue weighted by Crippen LogP contribution is 2.32. The van der Waals surface area contributed by atoms with Gasteiger partial charge in [0.05, 0.1) is 5.56 Å². The number of nitrogens with zero attached hydrogens (tertiary/aromatic N) is 1. The Morgan fingerprint density at radius 3 is 2.56 bits per heavy atom. The maximum Gasteiger partial charge on any atom is 0.416 e. The van der Waals surface area contributed by atoms with Crippen LogP contribution in [0.3, 0.4) is 0 Å². The summed E-state index contributed by atoms with van der Waals surface area (Å²) in [4.78, 5) is 48.0. The first-order chi connectivity index (χ1) is 12.5. The second kappa shape index (κ2) is 7.77. The SMILES string of the molecule is Cc1ccc(CN2CCC(=O)C(C(=O)NCC(=O)O)C2=O)cc1C(F)(F)F. The number of alkyl halides is 3. The number of aliphatic carboxylic acids is 1. The van der Waals surface area contributed by atoms with Crippen LogP contribution in [0.4, 0.5) is 13.2 Å². The van der Waals surface area contributed by atoms with Crippen LogP contribution in [0.1, 0.15) is 23.1 Å². The molecule has 0 radical (unpaired) electrons. The summed E-state index contributed by atoms with van der Waals surface area (Å²) in [6.07, 6.45) is -4.68. The summed E-state index contributed by atoms with van der Waals surface area (Å²) in [5.41, 5.74) is -0.575. The monoisotopic (exact) mass is 386 g/mol. The molecule has 2 rings (SSSR count). The normalized spacial score (nSPS) is 17.8. The molecule has 1 aliphatic heterocycles. The van der Waals surface area contributed by atoms with E-state index < -0.39 is 47.8 Å². The Kier molecular flexibility index (Phi) is 5.87. The number of hydrogen-bond donors (Lipinski definition) is 2. The lowest BCUT2D eigenvalue weighted by atomic mass is 9.93. The summed E-state index contributed by atoms with van der Waals surface area (Å²) in [7, 11) is 0. The minimum absolute atomic E-state index is 0.0321. The van der Waals surface area contributed by atoms with Gasteiger partial charge in [-0.1, -0.05) is 12.1 Å². The molecule has 0 bridgehead atoms. The van der Waals surface area contributed by atoms with Gasteiger partial charge < -0.3 is 15.3 Å². The van der Waals surface area contributed by atoms with Crippen molar-refractivity contribution >= 4 is 23.6 Å². The number of amides is 2. The van der Waals surface area contributed by atoms with Crippen molar-refractivity contribution < 1.29 is 37.5 Å². The molecule has 1 saturated heterocycles. The first kappa shape index (κ1) is 20.4. The maximum absolute atomic E-state index is 13.0. The zero-order chi connectivity index (χ0) is 20.4. The van der Waals surface area contributed by atoms with E-state index in [-0.39, 0.29) is 30.6 Å². The van der Waals surface area contributed by atoms with Crippen molar-refractivity contribution in [3.63, 3.8) is 0 Å². The van der Waals surface area contributed by atoms with E-state index in [1.54, 1.807) is 0 Å². The Labute approximate surface area is 152 Å². The largest absolute Gasteiger partial charge is 0.480 e. The van der Waals surface area contributed by atoms with Crippen LogP contribution >= 0.6 is 0 Å². The summed E-state index contributed by atoms with van der Waals surface area (Å²) >= 11 is 0. The van der Waals surface area contributed by atoms with E-state index in [0.29, 0.717) is 0 Å². The van der Waals surface area contributed by atoms with Crippen LogP contribution in [0.5, 0.6) is 0 Å². The van der Waals surface area contributed by atoms with E-state index in [0.717, 1.165) is 11.0 Å². The highest BCUT2D eigenvalue weighted by Gasteiger charge is 2.40. The summed E-state index contributed by atoms with van der Waals surface area (Å²) < 4.78 is 39.1. The molecule has 10 heteroatoms. The molecule has 0 aliphatic carbocycles. The molecule has 2 N–H and O–H groups in total. The first-order valence-electron chi connectivity index (χ1n) is 7.98. The van der Waals surface area contributed by atoms with Crippen LogP contribution in [0.2, 0.25) is 0 Å². The zero-order valence-electron chi connectivity index (χ0n) is 14.3. The van der Waals surface area contributed by atoms with E-state index in [2.05, 4.69) is 0 Å². The number of ketones is 1. The summed E-state index contributed by atoms with van der Waals surface area (Å²) in [5.74, 6) is -5.57. The topological polar surface area (TPSA) is 104 Å². The highest BCUT2D eigenvalue weighted by atomic mass is 19.4. The molecule has 1 heterocycles. The Morgan fingerprint density at radius 2 is 1.96 bits per heavy atom. The van der Waals surface area contributed by atoms with Gasteiger partial charge in [0.2, 0.25) is 11.8 Å². The molecule has 1 aliphatic rings. The van der Waals surface area contributed by atoms with Gasteiger partial charge in [-0.15, -0.1) is 0 Å². The second-order valence-electron chi connectivity index (χ2n) is 6.17. The van der Waals surface area contributed by atoms with E-state index in [9.17, 15) is 32.3 Å². The molecule has 1 aromatic carbocycles. The van der Waals surface area contributed by atoms with Gasteiger partial charge >= 0.3 is 12.1 Å². The number of carbonyl (C=O) groups is 4. The van der Waals surface area contributed by atoms with Crippen LogP contribution in [0, 0.1) is 12.8 Å². The standard InChI is InChI=1S/C17H17F3N2O5/c1-9-2-3-10(6-11(9)17(18,19)20)8-22-5-4-12(23)14(16(22)27)15(26)21-7-13(24)25/h2-3,6,14H,4-5,7-8H2,1H3,(H,21,26)(H,24,25). The molecule has 2 amide bonds. The smallest absolute Gasteiger partial charge is 0.416 e. The van der Waals surface area contributed by atoms with Gasteiger partial charge in [-0.3, -0.25) is 19.2 Å². The number of benzene rings is 1. The molecular weight excluding hydrogens is 369 g/mol. The number of carboxylic acids is 1. The Balaban J connectivity index is 2.18. The van der Waals surface area contributed by atoms with Crippen LogP contribution in [0.25, 0.3) is 0 Å². The average Bonchev–Trinajstić information content (AvgIpc) is 2.56. The predicted molar refractivity (Wildman–Crippen MR) is 85.4 cm³/mol. The molecule has 27 heavy (non-hydrogen) atoms. The number of piperidine rings is 1. The van der Waals surface area contributed by atoms with E-state index in [1.807, 2.05) is 5.32 Å². The fraction of sp³-hybridized carbons (Fsp3) is 0.412. The third kappa shape index (κ3) is 4.83. The Bertz CT molecular complexity index is 791. The predicted octanol–water partition coefficient (Wildman–Crippen LogP) is 1.13. The number of rotatable bonds is 5. The van der Waals surface area contributed by atoms with Gasteiger partial charge in [0.25, 0.3) is 0 Å².